The Labute approximate surface area is 105 Å². The fourth-order valence-corrected chi connectivity index (χ4v) is 2.04. The van der Waals surface area contributed by atoms with E-state index in [9.17, 15) is 9.59 Å². The van der Waals surface area contributed by atoms with E-state index in [0.717, 1.165) is 19.4 Å². The topological polar surface area (TPSA) is 102 Å². The number of rotatable bonds is 5. The van der Waals surface area contributed by atoms with Crippen molar-refractivity contribution in [3.8, 4) is 0 Å². The van der Waals surface area contributed by atoms with Gasteiger partial charge in [-0.05, 0) is 19.4 Å². The zero-order chi connectivity index (χ0) is 13.0. The number of nitrogens with two attached hydrogens (primary N) is 1. The smallest absolute Gasteiger partial charge is 0.239 e. The number of hydrogen-bond donors (Lipinski definition) is 3. The largest absolute Gasteiger partial charge is 0.368 e. The van der Waals surface area contributed by atoms with Crippen LogP contribution in [0.15, 0.2) is 12.4 Å². The van der Waals surface area contributed by atoms with Crippen molar-refractivity contribution in [3.63, 3.8) is 0 Å². The molecule has 2 heterocycles. The van der Waals surface area contributed by atoms with E-state index in [0.29, 0.717) is 12.1 Å². The molecule has 98 valence electrons. The summed E-state index contributed by atoms with van der Waals surface area (Å²) in [5, 5.41) is 9.94. The van der Waals surface area contributed by atoms with Gasteiger partial charge in [0.25, 0.3) is 0 Å². The highest BCUT2D eigenvalue weighted by molar-refractivity contribution is 5.90. The van der Waals surface area contributed by atoms with E-state index in [4.69, 9.17) is 5.73 Å². The third-order valence-electron chi connectivity index (χ3n) is 2.83. The van der Waals surface area contributed by atoms with E-state index in [1.165, 1.54) is 10.9 Å². The zero-order valence-electron chi connectivity index (χ0n) is 10.1. The Morgan fingerprint density at radius 3 is 3.11 bits per heavy atom. The monoisotopic (exact) mass is 251 g/mol. The number of nitrogens with zero attached hydrogens (tertiary/aromatic N) is 2. The van der Waals surface area contributed by atoms with E-state index >= 15 is 0 Å². The van der Waals surface area contributed by atoms with Crippen molar-refractivity contribution in [1.82, 2.24) is 15.1 Å². The Hall–Kier alpha value is -1.89. The van der Waals surface area contributed by atoms with Crippen LogP contribution in [0.4, 0.5) is 5.69 Å². The molecule has 1 aliphatic heterocycles. The molecule has 4 N–H and O–H groups in total. The minimum absolute atomic E-state index is 0.0139. The molecule has 0 bridgehead atoms. The summed E-state index contributed by atoms with van der Waals surface area (Å²) in [4.78, 5) is 22.4. The molecule has 1 saturated heterocycles. The van der Waals surface area contributed by atoms with Crippen LogP contribution in [0.25, 0.3) is 0 Å². The molecule has 0 radical (unpaired) electrons. The second kappa shape index (κ2) is 5.63. The van der Waals surface area contributed by atoms with Crippen LogP contribution in [0, 0.1) is 0 Å². The number of primary amides is 1. The first-order valence-corrected chi connectivity index (χ1v) is 5.97. The summed E-state index contributed by atoms with van der Waals surface area (Å²) in [5.74, 6) is -0.515. The highest BCUT2D eigenvalue weighted by atomic mass is 16.2. The molecule has 2 amide bonds. The lowest BCUT2D eigenvalue weighted by molar-refractivity contribution is -0.119. The van der Waals surface area contributed by atoms with Crippen LogP contribution in [0.3, 0.4) is 0 Å². The summed E-state index contributed by atoms with van der Waals surface area (Å²) >= 11 is 0. The van der Waals surface area contributed by atoms with Gasteiger partial charge in [0.1, 0.15) is 6.54 Å². The van der Waals surface area contributed by atoms with Gasteiger partial charge in [-0.3, -0.25) is 14.3 Å². The van der Waals surface area contributed by atoms with Crippen molar-refractivity contribution in [2.75, 3.05) is 11.9 Å². The van der Waals surface area contributed by atoms with Crippen LogP contribution in [-0.4, -0.2) is 34.2 Å². The van der Waals surface area contributed by atoms with Gasteiger partial charge in [0, 0.05) is 18.7 Å². The molecule has 1 aliphatic rings. The summed E-state index contributed by atoms with van der Waals surface area (Å²) < 4.78 is 1.39. The third-order valence-corrected chi connectivity index (χ3v) is 2.83. The molecule has 1 atom stereocenters. The lowest BCUT2D eigenvalue weighted by Crippen LogP contribution is -2.27. The molecular weight excluding hydrogens is 234 g/mol. The molecular formula is C11H17N5O2. The van der Waals surface area contributed by atoms with Gasteiger partial charge in [0.2, 0.25) is 11.8 Å². The minimum atomic E-state index is -0.467. The van der Waals surface area contributed by atoms with Crippen LogP contribution in [0.2, 0.25) is 0 Å². The fourth-order valence-electron chi connectivity index (χ4n) is 2.04. The van der Waals surface area contributed by atoms with Gasteiger partial charge >= 0.3 is 0 Å². The van der Waals surface area contributed by atoms with Crippen molar-refractivity contribution in [1.29, 1.82) is 0 Å². The summed E-state index contributed by atoms with van der Waals surface area (Å²) in [6.07, 6.45) is 5.71. The second-order valence-corrected chi connectivity index (χ2v) is 4.44. The third kappa shape index (κ3) is 3.56. The van der Waals surface area contributed by atoms with Crippen LogP contribution < -0.4 is 16.4 Å². The van der Waals surface area contributed by atoms with Crippen LogP contribution >= 0.6 is 0 Å². The maximum Gasteiger partial charge on any atom is 0.239 e. The Bertz CT molecular complexity index is 436. The number of anilines is 1. The van der Waals surface area contributed by atoms with Crippen molar-refractivity contribution in [2.45, 2.75) is 31.8 Å². The highest BCUT2D eigenvalue weighted by Crippen LogP contribution is 2.11. The molecule has 7 heteroatoms. The van der Waals surface area contributed by atoms with Gasteiger partial charge in [-0.15, -0.1) is 0 Å². The number of nitrogens with one attached hydrogen (secondary N) is 2. The molecule has 0 saturated carbocycles. The summed E-state index contributed by atoms with van der Waals surface area (Å²) in [5.41, 5.74) is 5.63. The molecule has 2 rings (SSSR count). The van der Waals surface area contributed by atoms with Crippen molar-refractivity contribution in [2.24, 2.45) is 5.73 Å². The number of hydrogen-bond acceptors (Lipinski definition) is 4. The van der Waals surface area contributed by atoms with Crippen molar-refractivity contribution >= 4 is 17.5 Å². The summed E-state index contributed by atoms with van der Waals surface area (Å²) in [6, 6.07) is 0.269. The summed E-state index contributed by atoms with van der Waals surface area (Å²) in [6.45, 7) is 0.995. The first kappa shape index (κ1) is 12.6. The van der Waals surface area contributed by atoms with E-state index in [1.807, 2.05) is 0 Å². The number of aromatic nitrogens is 2. The Kier molecular flexibility index (Phi) is 3.93. The molecule has 7 nitrogen and oxygen atoms in total. The zero-order valence-corrected chi connectivity index (χ0v) is 10.1. The van der Waals surface area contributed by atoms with Crippen LogP contribution in [-0.2, 0) is 16.1 Å². The quantitative estimate of drug-likeness (QED) is 0.653. The SMILES string of the molecule is NC(=O)Cn1cc(NC(=O)CC2CCCN2)cn1. The fraction of sp³-hybridized carbons (Fsp3) is 0.545. The lowest BCUT2D eigenvalue weighted by atomic mass is 10.1. The van der Waals surface area contributed by atoms with E-state index in [-0.39, 0.29) is 18.5 Å². The van der Waals surface area contributed by atoms with Gasteiger partial charge < -0.3 is 16.4 Å². The molecule has 1 fully saturated rings. The van der Waals surface area contributed by atoms with Gasteiger partial charge in [-0.1, -0.05) is 0 Å². The highest BCUT2D eigenvalue weighted by Gasteiger charge is 2.17. The average molecular weight is 251 g/mol. The predicted octanol–water partition coefficient (Wildman–Crippen LogP) is -0.551. The molecule has 1 aromatic heterocycles. The van der Waals surface area contributed by atoms with Crippen molar-refractivity contribution in [3.05, 3.63) is 12.4 Å². The number of amides is 2. The predicted molar refractivity (Wildman–Crippen MR) is 65.7 cm³/mol. The van der Waals surface area contributed by atoms with Gasteiger partial charge in [0.05, 0.1) is 11.9 Å². The molecule has 1 unspecified atom stereocenters. The molecule has 1 aromatic rings. The average Bonchev–Trinajstić information content (AvgIpc) is 2.89. The van der Waals surface area contributed by atoms with E-state index in [1.54, 1.807) is 6.20 Å². The van der Waals surface area contributed by atoms with E-state index < -0.39 is 5.91 Å². The number of carbonyl (C=O) groups is 2. The normalized spacial score (nSPS) is 18.8. The minimum Gasteiger partial charge on any atom is -0.368 e. The molecule has 0 spiro atoms. The van der Waals surface area contributed by atoms with Gasteiger partial charge in [-0.25, -0.2) is 0 Å². The van der Waals surface area contributed by atoms with Gasteiger partial charge in [-0.2, -0.15) is 5.10 Å². The second-order valence-electron chi connectivity index (χ2n) is 4.44. The van der Waals surface area contributed by atoms with Crippen LogP contribution in [0.5, 0.6) is 0 Å². The Balaban J connectivity index is 1.82. The maximum atomic E-state index is 11.7. The Morgan fingerprint density at radius 1 is 1.61 bits per heavy atom. The molecule has 18 heavy (non-hydrogen) atoms. The molecule has 0 aliphatic carbocycles. The van der Waals surface area contributed by atoms with E-state index in [2.05, 4.69) is 15.7 Å². The summed E-state index contributed by atoms with van der Waals surface area (Å²) in [7, 11) is 0. The first-order chi connectivity index (χ1) is 8.63. The maximum absolute atomic E-state index is 11.7. The number of carbonyl (C=O) groups excluding carboxylic acids is 2. The van der Waals surface area contributed by atoms with Crippen LogP contribution in [0.1, 0.15) is 19.3 Å². The van der Waals surface area contributed by atoms with Gasteiger partial charge in [0.15, 0.2) is 0 Å². The lowest BCUT2D eigenvalue weighted by Gasteiger charge is -2.08. The van der Waals surface area contributed by atoms with Crippen molar-refractivity contribution < 1.29 is 9.59 Å². The standard InChI is InChI=1S/C11H17N5O2/c12-10(17)7-16-6-9(5-14-16)15-11(18)4-8-2-1-3-13-8/h5-6,8,13H,1-4,7H2,(H2,12,17)(H,15,18). The Morgan fingerprint density at radius 2 is 2.44 bits per heavy atom. The molecule has 0 aromatic carbocycles. The first-order valence-electron chi connectivity index (χ1n) is 5.97.